The third kappa shape index (κ3) is 5.45. The van der Waals surface area contributed by atoms with Gasteiger partial charge in [0.1, 0.15) is 25.4 Å². The van der Waals surface area contributed by atoms with Gasteiger partial charge in [-0.3, -0.25) is 0 Å². The van der Waals surface area contributed by atoms with Crippen molar-refractivity contribution >= 4 is 23.2 Å². The smallest absolute Gasteiger partial charge is 0.164 e. The topological polar surface area (TPSA) is 58.9 Å². The Morgan fingerprint density at radius 3 is 2.21 bits per heavy atom. The molecule has 0 amide bonds. The predicted octanol–water partition coefficient (Wildman–Crippen LogP) is 1.95. The average Bonchev–Trinajstić information content (AvgIpc) is 2.43. The number of aliphatic hydroxyl groups is 2. The third-order valence-electron chi connectivity index (χ3n) is 2.38. The van der Waals surface area contributed by atoms with Crippen LogP contribution in [0.5, 0.6) is 11.5 Å². The quantitative estimate of drug-likeness (QED) is 0.721. The first-order chi connectivity index (χ1) is 9.08. The van der Waals surface area contributed by atoms with Crippen LogP contribution < -0.4 is 9.47 Å². The van der Waals surface area contributed by atoms with Crippen LogP contribution in [0.1, 0.15) is 5.56 Å². The molecule has 1 aromatic rings. The Morgan fingerprint density at radius 2 is 1.63 bits per heavy atom. The minimum atomic E-state index is -0.734. The predicted molar refractivity (Wildman–Crippen MR) is 75.6 cm³/mol. The van der Waals surface area contributed by atoms with Crippen LogP contribution in [0.4, 0.5) is 0 Å². The lowest BCUT2D eigenvalue weighted by atomic mass is 10.2. The van der Waals surface area contributed by atoms with E-state index < -0.39 is 12.2 Å². The summed E-state index contributed by atoms with van der Waals surface area (Å²) in [6.07, 6.45) is -1.47. The van der Waals surface area contributed by atoms with E-state index in [-0.39, 0.29) is 25.0 Å². The van der Waals surface area contributed by atoms with Crippen molar-refractivity contribution < 1.29 is 19.7 Å². The van der Waals surface area contributed by atoms with Gasteiger partial charge in [-0.05, 0) is 18.6 Å². The van der Waals surface area contributed by atoms with E-state index in [1.54, 1.807) is 6.07 Å². The van der Waals surface area contributed by atoms with Crippen molar-refractivity contribution in [2.45, 2.75) is 19.1 Å². The van der Waals surface area contributed by atoms with Crippen molar-refractivity contribution in [3.63, 3.8) is 0 Å². The van der Waals surface area contributed by atoms with Crippen LogP contribution in [0, 0.1) is 6.92 Å². The Hall–Kier alpha value is -0.680. The van der Waals surface area contributed by atoms with Crippen LogP contribution in [-0.2, 0) is 0 Å². The van der Waals surface area contributed by atoms with Crippen LogP contribution in [0.15, 0.2) is 18.2 Å². The molecule has 0 radical (unpaired) electrons. The van der Waals surface area contributed by atoms with E-state index in [4.69, 9.17) is 32.7 Å². The SMILES string of the molecule is Cc1cccc(OC[C@@H](O)CCl)c1OC[C@@H](O)CCl. The number of hydrogen-bond donors (Lipinski definition) is 2. The number of aryl methyl sites for hydroxylation is 1. The molecule has 2 N–H and O–H groups in total. The number of alkyl halides is 2. The highest BCUT2D eigenvalue weighted by Crippen LogP contribution is 2.31. The molecule has 0 aliphatic heterocycles. The molecule has 0 aliphatic carbocycles. The lowest BCUT2D eigenvalue weighted by Crippen LogP contribution is -2.21. The van der Waals surface area contributed by atoms with Gasteiger partial charge < -0.3 is 19.7 Å². The largest absolute Gasteiger partial charge is 0.487 e. The molecule has 0 unspecified atom stereocenters. The van der Waals surface area contributed by atoms with Crippen LogP contribution in [0.2, 0.25) is 0 Å². The van der Waals surface area contributed by atoms with Crippen LogP contribution in [0.3, 0.4) is 0 Å². The molecule has 0 aromatic heterocycles. The minimum absolute atomic E-state index is 0.0847. The summed E-state index contributed by atoms with van der Waals surface area (Å²) in [5.74, 6) is 1.25. The summed E-state index contributed by atoms with van der Waals surface area (Å²) in [7, 11) is 0. The highest BCUT2D eigenvalue weighted by molar-refractivity contribution is 6.18. The lowest BCUT2D eigenvalue weighted by molar-refractivity contribution is 0.109. The molecule has 0 bridgehead atoms. The second-order valence-electron chi connectivity index (χ2n) is 4.14. The summed E-state index contributed by atoms with van der Waals surface area (Å²) in [6.45, 7) is 2.04. The normalized spacial score (nSPS) is 13.9. The average molecular weight is 309 g/mol. The minimum Gasteiger partial charge on any atom is -0.487 e. The fourth-order valence-corrected chi connectivity index (χ4v) is 1.56. The molecule has 0 saturated carbocycles. The molecule has 0 heterocycles. The fourth-order valence-electron chi connectivity index (χ4n) is 1.38. The fraction of sp³-hybridized carbons (Fsp3) is 0.538. The van der Waals surface area contributed by atoms with Gasteiger partial charge in [0.15, 0.2) is 11.5 Å². The highest BCUT2D eigenvalue weighted by Gasteiger charge is 2.12. The molecule has 108 valence electrons. The summed E-state index contributed by atoms with van der Waals surface area (Å²) in [6, 6.07) is 5.42. The zero-order chi connectivity index (χ0) is 14.3. The molecule has 0 fully saturated rings. The van der Waals surface area contributed by atoms with Crippen molar-refractivity contribution in [3.05, 3.63) is 23.8 Å². The summed E-state index contributed by atoms with van der Waals surface area (Å²) >= 11 is 11.0. The van der Waals surface area contributed by atoms with E-state index in [0.717, 1.165) is 5.56 Å². The molecule has 0 spiro atoms. The molecular formula is C13H18Cl2O4. The lowest BCUT2D eigenvalue weighted by Gasteiger charge is -2.17. The zero-order valence-electron chi connectivity index (χ0n) is 10.7. The van der Waals surface area contributed by atoms with Crippen molar-refractivity contribution in [2.24, 2.45) is 0 Å². The van der Waals surface area contributed by atoms with Gasteiger partial charge in [0, 0.05) is 0 Å². The maximum atomic E-state index is 9.40. The summed E-state index contributed by atoms with van der Waals surface area (Å²) in [5, 5.41) is 18.8. The van der Waals surface area contributed by atoms with E-state index in [1.807, 2.05) is 19.1 Å². The number of hydrogen-bond acceptors (Lipinski definition) is 4. The van der Waals surface area contributed by atoms with Gasteiger partial charge in [-0.25, -0.2) is 0 Å². The monoisotopic (exact) mass is 308 g/mol. The maximum Gasteiger partial charge on any atom is 0.164 e. The summed E-state index contributed by atoms with van der Waals surface area (Å²) < 4.78 is 11.0. The molecule has 4 nitrogen and oxygen atoms in total. The van der Waals surface area contributed by atoms with Gasteiger partial charge in [0.05, 0.1) is 11.8 Å². The van der Waals surface area contributed by atoms with Crippen LogP contribution in [-0.4, -0.2) is 47.4 Å². The number of halogens is 2. The van der Waals surface area contributed by atoms with Gasteiger partial charge in [-0.15, -0.1) is 23.2 Å². The van der Waals surface area contributed by atoms with Crippen LogP contribution in [0.25, 0.3) is 0 Å². The Labute approximate surface area is 122 Å². The molecule has 0 aliphatic rings. The number of para-hydroxylation sites is 1. The second kappa shape index (κ2) is 8.48. The second-order valence-corrected chi connectivity index (χ2v) is 4.76. The zero-order valence-corrected chi connectivity index (χ0v) is 12.2. The van der Waals surface area contributed by atoms with E-state index in [0.29, 0.717) is 11.5 Å². The van der Waals surface area contributed by atoms with Crippen molar-refractivity contribution in [3.8, 4) is 11.5 Å². The standard InChI is InChI=1S/C13H18Cl2O4/c1-9-3-2-4-12(18-7-10(16)5-14)13(9)19-8-11(17)6-15/h2-4,10-11,16-17H,5-8H2,1H3/t10-,11-/m0/s1. The van der Waals surface area contributed by atoms with Crippen molar-refractivity contribution in [2.75, 3.05) is 25.0 Å². The molecule has 1 aromatic carbocycles. The third-order valence-corrected chi connectivity index (χ3v) is 3.10. The summed E-state index contributed by atoms with van der Waals surface area (Å²) in [5.41, 5.74) is 0.875. The van der Waals surface area contributed by atoms with Gasteiger partial charge in [0.25, 0.3) is 0 Å². The number of ether oxygens (including phenoxy) is 2. The van der Waals surface area contributed by atoms with Crippen molar-refractivity contribution in [1.82, 2.24) is 0 Å². The first kappa shape index (κ1) is 16.4. The van der Waals surface area contributed by atoms with Gasteiger partial charge >= 0.3 is 0 Å². The Kier molecular flexibility index (Phi) is 7.31. The molecular weight excluding hydrogens is 291 g/mol. The van der Waals surface area contributed by atoms with Gasteiger partial charge in [-0.1, -0.05) is 12.1 Å². The number of aliphatic hydroxyl groups excluding tert-OH is 2. The molecule has 6 heteroatoms. The Balaban J connectivity index is 2.71. The molecule has 19 heavy (non-hydrogen) atoms. The number of benzene rings is 1. The maximum absolute atomic E-state index is 9.40. The first-order valence-corrected chi connectivity index (χ1v) is 6.98. The first-order valence-electron chi connectivity index (χ1n) is 5.91. The van der Waals surface area contributed by atoms with Gasteiger partial charge in [0.2, 0.25) is 0 Å². The molecule has 1 rings (SSSR count). The molecule has 2 atom stereocenters. The van der Waals surface area contributed by atoms with E-state index >= 15 is 0 Å². The van der Waals surface area contributed by atoms with E-state index in [2.05, 4.69) is 0 Å². The molecule has 0 saturated heterocycles. The Morgan fingerprint density at radius 1 is 1.05 bits per heavy atom. The van der Waals surface area contributed by atoms with E-state index in [9.17, 15) is 10.2 Å². The van der Waals surface area contributed by atoms with Crippen LogP contribution >= 0.6 is 23.2 Å². The van der Waals surface area contributed by atoms with Crippen molar-refractivity contribution in [1.29, 1.82) is 0 Å². The summed E-state index contributed by atoms with van der Waals surface area (Å²) in [4.78, 5) is 0. The van der Waals surface area contributed by atoms with Gasteiger partial charge in [-0.2, -0.15) is 0 Å². The highest BCUT2D eigenvalue weighted by atomic mass is 35.5. The number of rotatable bonds is 8. The van der Waals surface area contributed by atoms with E-state index in [1.165, 1.54) is 0 Å². The Bertz CT molecular complexity index is 387.